The predicted octanol–water partition coefficient (Wildman–Crippen LogP) is 8.36. The first-order chi connectivity index (χ1) is 15.7. The van der Waals surface area contributed by atoms with Crippen molar-refractivity contribution in [1.29, 1.82) is 0 Å². The summed E-state index contributed by atoms with van der Waals surface area (Å²) in [4.78, 5) is 2.40. The highest BCUT2D eigenvalue weighted by Gasteiger charge is 2.14. The second-order valence-corrected chi connectivity index (χ2v) is 7.70. The van der Waals surface area contributed by atoms with Gasteiger partial charge in [-0.15, -0.1) is 0 Å². The fourth-order valence-electron chi connectivity index (χ4n) is 3.83. The van der Waals surface area contributed by atoms with Crippen LogP contribution in [0.5, 0.6) is 0 Å². The van der Waals surface area contributed by atoms with Gasteiger partial charge in [0.1, 0.15) is 0 Å². The van der Waals surface area contributed by atoms with E-state index in [4.69, 9.17) is 0 Å². The largest absolute Gasteiger partial charge is 0.338 e. The highest BCUT2D eigenvalue weighted by atomic mass is 15.1. The standard InChI is InChI=1S/C31H33N/c1-4-6-24-31(26(3)28-17-10-7-11-18-28)32(30-22-14-9-15-23-30)25-16-21-27(5-2)29-19-12-8-13-20-29/h4-8,10-14,16-24H,1,9,15,25H2,2-3H3/b21-16-,24-6-,27-5+,31-26-. The molecule has 0 atom stereocenters. The smallest absolute Gasteiger partial charge is 0.0449 e. The van der Waals surface area contributed by atoms with Crippen LogP contribution in [0, 0.1) is 0 Å². The Labute approximate surface area is 193 Å². The SMILES string of the molecule is C=C/C=C\C(=C(/C)c1ccccc1)N(C/C=C\C(=C/C)c1ccccc1)C1=CCCC=C1. The molecule has 0 saturated carbocycles. The maximum absolute atomic E-state index is 3.89. The average Bonchev–Trinajstić information content (AvgIpc) is 2.87. The van der Waals surface area contributed by atoms with Gasteiger partial charge in [-0.05, 0) is 61.1 Å². The summed E-state index contributed by atoms with van der Waals surface area (Å²) >= 11 is 0. The Morgan fingerprint density at radius 2 is 1.62 bits per heavy atom. The molecule has 1 aliphatic carbocycles. The Kier molecular flexibility index (Phi) is 8.89. The zero-order valence-electron chi connectivity index (χ0n) is 19.2. The van der Waals surface area contributed by atoms with Crippen LogP contribution in [-0.4, -0.2) is 11.4 Å². The Hall–Kier alpha value is -3.58. The van der Waals surface area contributed by atoms with Crippen LogP contribution >= 0.6 is 0 Å². The zero-order valence-corrected chi connectivity index (χ0v) is 19.2. The van der Waals surface area contributed by atoms with E-state index < -0.39 is 0 Å². The topological polar surface area (TPSA) is 3.24 Å². The van der Waals surface area contributed by atoms with E-state index >= 15 is 0 Å². The lowest BCUT2D eigenvalue weighted by molar-refractivity contribution is 0.499. The number of allylic oxidation sites excluding steroid dienone is 10. The molecule has 0 spiro atoms. The van der Waals surface area contributed by atoms with E-state index in [1.165, 1.54) is 33.7 Å². The second kappa shape index (κ2) is 12.3. The lowest BCUT2D eigenvalue weighted by Gasteiger charge is -2.29. The van der Waals surface area contributed by atoms with Gasteiger partial charge in [0.05, 0.1) is 0 Å². The molecule has 0 bridgehead atoms. The van der Waals surface area contributed by atoms with Crippen molar-refractivity contribution >= 4 is 11.1 Å². The maximum Gasteiger partial charge on any atom is 0.0449 e. The molecule has 0 amide bonds. The number of hydrogen-bond acceptors (Lipinski definition) is 1. The molecule has 0 aliphatic heterocycles. The molecule has 0 fully saturated rings. The minimum Gasteiger partial charge on any atom is -0.338 e. The fourth-order valence-corrected chi connectivity index (χ4v) is 3.83. The van der Waals surface area contributed by atoms with Gasteiger partial charge in [0.25, 0.3) is 0 Å². The molecule has 32 heavy (non-hydrogen) atoms. The van der Waals surface area contributed by atoms with E-state index in [1.807, 2.05) is 12.2 Å². The first-order valence-corrected chi connectivity index (χ1v) is 11.3. The van der Waals surface area contributed by atoms with Gasteiger partial charge in [-0.2, -0.15) is 0 Å². The van der Waals surface area contributed by atoms with Crippen LogP contribution in [0.4, 0.5) is 0 Å². The molecule has 0 N–H and O–H groups in total. The van der Waals surface area contributed by atoms with Gasteiger partial charge in [0, 0.05) is 17.9 Å². The number of rotatable bonds is 9. The summed E-state index contributed by atoms with van der Waals surface area (Å²) in [5.74, 6) is 0. The highest BCUT2D eigenvalue weighted by Crippen LogP contribution is 2.28. The normalized spacial score (nSPS) is 15.1. The predicted molar refractivity (Wildman–Crippen MR) is 141 cm³/mol. The maximum atomic E-state index is 3.89. The van der Waals surface area contributed by atoms with Crippen LogP contribution in [0.2, 0.25) is 0 Å². The Balaban J connectivity index is 1.99. The van der Waals surface area contributed by atoms with Crippen LogP contribution in [0.3, 0.4) is 0 Å². The van der Waals surface area contributed by atoms with Crippen LogP contribution in [0.25, 0.3) is 11.1 Å². The molecule has 2 aromatic carbocycles. The first kappa shape index (κ1) is 23.1. The lowest BCUT2D eigenvalue weighted by atomic mass is 10.0. The molecule has 0 unspecified atom stereocenters. The second-order valence-electron chi connectivity index (χ2n) is 7.70. The molecule has 2 aromatic rings. The number of hydrogen-bond donors (Lipinski definition) is 0. The van der Waals surface area contributed by atoms with Crippen LogP contribution in [-0.2, 0) is 0 Å². The lowest BCUT2D eigenvalue weighted by Crippen LogP contribution is -2.22. The molecule has 0 aromatic heterocycles. The average molecular weight is 420 g/mol. The van der Waals surface area contributed by atoms with E-state index in [9.17, 15) is 0 Å². The van der Waals surface area contributed by atoms with E-state index in [0.29, 0.717) is 0 Å². The van der Waals surface area contributed by atoms with E-state index in [2.05, 4.69) is 129 Å². The molecule has 1 aliphatic rings. The van der Waals surface area contributed by atoms with E-state index in [0.717, 1.165) is 19.4 Å². The van der Waals surface area contributed by atoms with Crippen molar-refractivity contribution in [3.05, 3.63) is 144 Å². The van der Waals surface area contributed by atoms with E-state index in [-0.39, 0.29) is 0 Å². The summed E-state index contributed by atoms with van der Waals surface area (Å²) in [5.41, 5.74) is 7.35. The van der Waals surface area contributed by atoms with Gasteiger partial charge in [-0.3, -0.25) is 0 Å². The van der Waals surface area contributed by atoms with Gasteiger partial charge < -0.3 is 4.90 Å². The zero-order chi connectivity index (χ0) is 22.6. The summed E-state index contributed by atoms with van der Waals surface area (Å²) in [7, 11) is 0. The molecule has 0 radical (unpaired) electrons. The van der Waals surface area contributed by atoms with Crippen LogP contribution in [0.15, 0.2) is 133 Å². The minimum atomic E-state index is 0.779. The summed E-state index contributed by atoms with van der Waals surface area (Å²) in [6.07, 6.45) is 21.7. The molecule has 0 heterocycles. The summed E-state index contributed by atoms with van der Waals surface area (Å²) in [6.45, 7) is 8.96. The molecule has 1 nitrogen and oxygen atoms in total. The minimum absolute atomic E-state index is 0.779. The number of benzene rings is 2. The Morgan fingerprint density at radius 3 is 2.22 bits per heavy atom. The molecule has 162 valence electrons. The van der Waals surface area contributed by atoms with Crippen molar-refractivity contribution in [2.75, 3.05) is 6.54 Å². The molecule has 3 rings (SSSR count). The van der Waals surface area contributed by atoms with Crippen LogP contribution in [0.1, 0.15) is 37.8 Å². The third kappa shape index (κ3) is 6.21. The van der Waals surface area contributed by atoms with Gasteiger partial charge >= 0.3 is 0 Å². The molecule has 0 saturated heterocycles. The summed E-state index contributed by atoms with van der Waals surface area (Å²) in [5, 5.41) is 0. The van der Waals surface area contributed by atoms with Gasteiger partial charge in [0.2, 0.25) is 0 Å². The van der Waals surface area contributed by atoms with Crippen molar-refractivity contribution in [1.82, 2.24) is 4.90 Å². The van der Waals surface area contributed by atoms with Crippen LogP contribution < -0.4 is 0 Å². The summed E-state index contributed by atoms with van der Waals surface area (Å²) in [6, 6.07) is 21.1. The van der Waals surface area contributed by atoms with E-state index in [1.54, 1.807) is 0 Å². The Bertz CT molecular complexity index is 1060. The van der Waals surface area contributed by atoms with Gasteiger partial charge in [-0.1, -0.05) is 110 Å². The summed E-state index contributed by atoms with van der Waals surface area (Å²) < 4.78 is 0. The first-order valence-electron chi connectivity index (χ1n) is 11.3. The van der Waals surface area contributed by atoms with Gasteiger partial charge in [0.15, 0.2) is 0 Å². The van der Waals surface area contributed by atoms with Crippen molar-refractivity contribution in [3.8, 4) is 0 Å². The third-order valence-electron chi connectivity index (χ3n) is 5.56. The highest BCUT2D eigenvalue weighted by molar-refractivity contribution is 5.74. The Morgan fingerprint density at radius 1 is 0.938 bits per heavy atom. The van der Waals surface area contributed by atoms with Crippen molar-refractivity contribution in [3.63, 3.8) is 0 Å². The van der Waals surface area contributed by atoms with Crippen molar-refractivity contribution < 1.29 is 0 Å². The fraction of sp³-hybridized carbons (Fsp3) is 0.161. The van der Waals surface area contributed by atoms with Crippen molar-refractivity contribution in [2.45, 2.75) is 26.7 Å². The molecule has 1 heteroatoms. The third-order valence-corrected chi connectivity index (χ3v) is 5.56. The quantitative estimate of drug-likeness (QED) is 0.369. The molecular weight excluding hydrogens is 386 g/mol. The van der Waals surface area contributed by atoms with Gasteiger partial charge in [-0.25, -0.2) is 0 Å². The number of nitrogens with zero attached hydrogens (tertiary/aromatic N) is 1. The van der Waals surface area contributed by atoms with Crippen molar-refractivity contribution in [2.24, 2.45) is 0 Å². The molecular formula is C31H33N. The monoisotopic (exact) mass is 419 g/mol.